The van der Waals surface area contributed by atoms with Crippen molar-refractivity contribution in [2.45, 2.75) is 19.3 Å². The lowest BCUT2D eigenvalue weighted by Crippen LogP contribution is -2.33. The Labute approximate surface area is 118 Å². The fourth-order valence-corrected chi connectivity index (χ4v) is 2.72. The second-order valence-corrected chi connectivity index (χ2v) is 6.33. The Hall–Kier alpha value is -1.00. The highest BCUT2D eigenvalue weighted by molar-refractivity contribution is 7.99. The number of aliphatic hydroxyl groups is 1. The number of aryl methyl sites for hydroxylation is 1. The van der Waals surface area contributed by atoms with E-state index in [-0.39, 0.29) is 17.9 Å². The molecule has 0 radical (unpaired) electrons. The Bertz CT molecular complexity index is 404. The number of carbonyl (C=O) groups is 1. The molecule has 1 amide bonds. The van der Waals surface area contributed by atoms with Crippen molar-refractivity contribution in [3.63, 3.8) is 0 Å². The van der Waals surface area contributed by atoms with Crippen LogP contribution in [0.1, 0.15) is 18.4 Å². The van der Waals surface area contributed by atoms with Crippen molar-refractivity contribution in [3.8, 4) is 0 Å². The predicted molar refractivity (Wildman–Crippen MR) is 79.2 cm³/mol. The number of hydrogen-bond donors (Lipinski definition) is 2. The first-order valence-electron chi connectivity index (χ1n) is 6.73. The van der Waals surface area contributed by atoms with Gasteiger partial charge < -0.3 is 10.4 Å². The first kappa shape index (κ1) is 14.4. The van der Waals surface area contributed by atoms with Crippen LogP contribution in [0.15, 0.2) is 30.3 Å². The molecule has 1 fully saturated rings. The van der Waals surface area contributed by atoms with Gasteiger partial charge in [0.25, 0.3) is 0 Å². The van der Waals surface area contributed by atoms with Gasteiger partial charge in [-0.25, -0.2) is 0 Å². The maximum Gasteiger partial charge on any atom is 0.230 e. The minimum atomic E-state index is 0.00433. The SMILES string of the molecule is O=C(CSCCc1ccccc1)NCC1(CO)CC1. The fourth-order valence-electron chi connectivity index (χ4n) is 1.90. The topological polar surface area (TPSA) is 49.3 Å². The molecule has 0 aromatic heterocycles. The molecule has 0 saturated heterocycles. The third-order valence-electron chi connectivity index (χ3n) is 3.56. The summed E-state index contributed by atoms with van der Waals surface area (Å²) >= 11 is 1.66. The number of amides is 1. The zero-order valence-corrected chi connectivity index (χ0v) is 11.9. The van der Waals surface area contributed by atoms with E-state index in [1.54, 1.807) is 11.8 Å². The predicted octanol–water partition coefficient (Wildman–Crippen LogP) is 1.85. The van der Waals surface area contributed by atoms with Crippen molar-refractivity contribution >= 4 is 17.7 Å². The molecule has 104 valence electrons. The van der Waals surface area contributed by atoms with Crippen molar-refractivity contribution in [1.82, 2.24) is 5.32 Å². The number of aliphatic hydroxyl groups excluding tert-OH is 1. The van der Waals surface area contributed by atoms with Crippen molar-refractivity contribution in [1.29, 1.82) is 0 Å². The summed E-state index contributed by atoms with van der Waals surface area (Å²) in [6.45, 7) is 0.815. The molecule has 0 unspecified atom stereocenters. The summed E-state index contributed by atoms with van der Waals surface area (Å²) in [5.41, 5.74) is 1.32. The molecule has 1 saturated carbocycles. The number of nitrogens with one attached hydrogen (secondary N) is 1. The van der Waals surface area contributed by atoms with E-state index in [1.165, 1.54) is 5.56 Å². The fraction of sp³-hybridized carbons (Fsp3) is 0.533. The van der Waals surface area contributed by atoms with Gasteiger partial charge in [0.2, 0.25) is 5.91 Å². The van der Waals surface area contributed by atoms with Gasteiger partial charge in [-0.2, -0.15) is 11.8 Å². The van der Waals surface area contributed by atoms with Crippen LogP contribution < -0.4 is 5.32 Å². The first-order chi connectivity index (χ1) is 9.24. The van der Waals surface area contributed by atoms with Crippen LogP contribution in [0.5, 0.6) is 0 Å². The van der Waals surface area contributed by atoms with Gasteiger partial charge >= 0.3 is 0 Å². The van der Waals surface area contributed by atoms with Gasteiger partial charge in [0.05, 0.1) is 12.4 Å². The molecule has 1 aromatic carbocycles. The van der Waals surface area contributed by atoms with Gasteiger partial charge in [-0.15, -0.1) is 0 Å². The highest BCUT2D eigenvalue weighted by Crippen LogP contribution is 2.44. The monoisotopic (exact) mass is 279 g/mol. The van der Waals surface area contributed by atoms with Gasteiger partial charge in [0.1, 0.15) is 0 Å². The molecule has 1 aromatic rings. The van der Waals surface area contributed by atoms with Crippen LogP contribution in [0.2, 0.25) is 0 Å². The van der Waals surface area contributed by atoms with Crippen molar-refractivity contribution in [2.75, 3.05) is 24.7 Å². The minimum Gasteiger partial charge on any atom is -0.396 e. The summed E-state index contributed by atoms with van der Waals surface area (Å²) in [5, 5.41) is 12.1. The van der Waals surface area contributed by atoms with E-state index in [1.807, 2.05) is 18.2 Å². The standard InChI is InChI=1S/C15H21NO2S/c17-12-15(7-8-15)11-16-14(18)10-19-9-6-13-4-2-1-3-5-13/h1-5,17H,6-12H2,(H,16,18). The van der Waals surface area contributed by atoms with Crippen LogP contribution in [0, 0.1) is 5.41 Å². The quantitative estimate of drug-likeness (QED) is 0.714. The van der Waals surface area contributed by atoms with E-state index in [0.29, 0.717) is 12.3 Å². The molecule has 0 heterocycles. The van der Waals surface area contributed by atoms with E-state index in [2.05, 4.69) is 17.4 Å². The van der Waals surface area contributed by atoms with Crippen molar-refractivity contribution < 1.29 is 9.90 Å². The number of hydrogen-bond acceptors (Lipinski definition) is 3. The van der Waals surface area contributed by atoms with Gasteiger partial charge in [-0.3, -0.25) is 4.79 Å². The maximum atomic E-state index is 11.6. The molecule has 0 aliphatic heterocycles. The molecule has 3 nitrogen and oxygen atoms in total. The van der Waals surface area contributed by atoms with Gasteiger partial charge in [0.15, 0.2) is 0 Å². The number of benzene rings is 1. The molecular weight excluding hydrogens is 258 g/mol. The minimum absolute atomic E-state index is 0.00433. The van der Waals surface area contributed by atoms with Crippen molar-refractivity contribution in [3.05, 3.63) is 35.9 Å². The molecule has 4 heteroatoms. The average molecular weight is 279 g/mol. The second kappa shape index (κ2) is 6.96. The average Bonchev–Trinajstić information content (AvgIpc) is 3.23. The highest BCUT2D eigenvalue weighted by atomic mass is 32.2. The molecule has 0 bridgehead atoms. The Morgan fingerprint density at radius 2 is 2.05 bits per heavy atom. The molecule has 0 spiro atoms. The molecule has 19 heavy (non-hydrogen) atoms. The normalized spacial score (nSPS) is 16.1. The molecule has 0 atom stereocenters. The van der Waals surface area contributed by atoms with Crippen LogP contribution in [0.25, 0.3) is 0 Å². The second-order valence-electron chi connectivity index (χ2n) is 5.22. The highest BCUT2D eigenvalue weighted by Gasteiger charge is 2.41. The Kier molecular flexibility index (Phi) is 5.28. The largest absolute Gasteiger partial charge is 0.396 e. The molecule has 2 N–H and O–H groups in total. The summed E-state index contributed by atoms with van der Waals surface area (Å²) in [5.74, 6) is 1.55. The molecule has 2 rings (SSSR count). The summed E-state index contributed by atoms with van der Waals surface area (Å²) in [4.78, 5) is 11.6. The van der Waals surface area contributed by atoms with Crippen molar-refractivity contribution in [2.24, 2.45) is 5.41 Å². The first-order valence-corrected chi connectivity index (χ1v) is 7.89. The van der Waals surface area contributed by atoms with Crippen LogP contribution >= 0.6 is 11.8 Å². The summed E-state index contributed by atoms with van der Waals surface area (Å²) in [6, 6.07) is 10.3. The van der Waals surface area contributed by atoms with E-state index in [4.69, 9.17) is 5.11 Å². The van der Waals surface area contributed by atoms with Crippen LogP contribution in [-0.4, -0.2) is 35.7 Å². The lowest BCUT2D eigenvalue weighted by molar-refractivity contribution is -0.118. The zero-order valence-electron chi connectivity index (χ0n) is 11.1. The Balaban J connectivity index is 1.54. The maximum absolute atomic E-state index is 11.6. The summed E-state index contributed by atoms with van der Waals surface area (Å²) in [6.07, 6.45) is 3.06. The third-order valence-corrected chi connectivity index (χ3v) is 4.52. The third kappa shape index (κ3) is 4.88. The smallest absolute Gasteiger partial charge is 0.230 e. The van der Waals surface area contributed by atoms with E-state index < -0.39 is 0 Å². The number of carbonyl (C=O) groups excluding carboxylic acids is 1. The summed E-state index contributed by atoms with van der Waals surface area (Å²) < 4.78 is 0. The summed E-state index contributed by atoms with van der Waals surface area (Å²) in [7, 11) is 0. The lowest BCUT2D eigenvalue weighted by atomic mass is 10.1. The van der Waals surface area contributed by atoms with E-state index in [9.17, 15) is 4.79 Å². The van der Waals surface area contributed by atoms with E-state index >= 15 is 0 Å². The van der Waals surface area contributed by atoms with Gasteiger partial charge in [-0.05, 0) is 30.6 Å². The van der Waals surface area contributed by atoms with Crippen LogP contribution in [-0.2, 0) is 11.2 Å². The van der Waals surface area contributed by atoms with Crippen LogP contribution in [0.3, 0.4) is 0 Å². The zero-order chi connectivity index (χ0) is 13.6. The van der Waals surface area contributed by atoms with Gasteiger partial charge in [-0.1, -0.05) is 30.3 Å². The number of rotatable bonds is 8. The van der Waals surface area contributed by atoms with Crippen LogP contribution in [0.4, 0.5) is 0 Å². The molecule has 1 aliphatic rings. The molecule has 1 aliphatic carbocycles. The van der Waals surface area contributed by atoms with Gasteiger partial charge in [0, 0.05) is 12.0 Å². The number of thioether (sulfide) groups is 1. The molecular formula is C15H21NO2S. The lowest BCUT2D eigenvalue weighted by Gasteiger charge is -2.12. The Morgan fingerprint density at radius 3 is 2.68 bits per heavy atom. The van der Waals surface area contributed by atoms with E-state index in [0.717, 1.165) is 25.0 Å². The Morgan fingerprint density at radius 1 is 1.32 bits per heavy atom.